The second-order valence-electron chi connectivity index (χ2n) is 5.69. The standard InChI is InChI=1S/C20H21NO3/c1-4-23-20(22)19-14(2)21(3)18-11-10-16(12-17(18)19)24-13-15-8-6-5-7-9-15/h5-12H,4,13H2,1-3H3. The zero-order valence-electron chi connectivity index (χ0n) is 14.2. The van der Waals surface area contributed by atoms with E-state index in [4.69, 9.17) is 9.47 Å². The molecule has 0 N–H and O–H groups in total. The molecule has 0 radical (unpaired) electrons. The van der Waals surface area contributed by atoms with Crippen LogP contribution < -0.4 is 4.74 Å². The molecule has 24 heavy (non-hydrogen) atoms. The third-order valence-corrected chi connectivity index (χ3v) is 4.19. The molecule has 0 aliphatic rings. The maximum Gasteiger partial charge on any atom is 0.340 e. The van der Waals surface area contributed by atoms with Crippen LogP contribution in [0.4, 0.5) is 0 Å². The third-order valence-electron chi connectivity index (χ3n) is 4.19. The van der Waals surface area contributed by atoms with E-state index in [1.807, 2.05) is 74.0 Å². The average molecular weight is 323 g/mol. The Bertz CT molecular complexity index is 865. The number of aromatic nitrogens is 1. The topological polar surface area (TPSA) is 40.5 Å². The van der Waals surface area contributed by atoms with E-state index < -0.39 is 0 Å². The fraction of sp³-hybridized carbons (Fsp3) is 0.250. The molecule has 4 heteroatoms. The monoisotopic (exact) mass is 323 g/mol. The Hall–Kier alpha value is -2.75. The molecule has 3 aromatic rings. The molecular formula is C20H21NO3. The van der Waals surface area contributed by atoms with Crippen LogP contribution in [0.2, 0.25) is 0 Å². The summed E-state index contributed by atoms with van der Waals surface area (Å²) in [4.78, 5) is 12.3. The molecule has 0 amide bonds. The zero-order valence-corrected chi connectivity index (χ0v) is 14.2. The van der Waals surface area contributed by atoms with Crippen molar-refractivity contribution in [3.63, 3.8) is 0 Å². The molecule has 0 aliphatic carbocycles. The number of carbonyl (C=O) groups is 1. The van der Waals surface area contributed by atoms with Crippen molar-refractivity contribution >= 4 is 16.9 Å². The molecule has 0 saturated heterocycles. The summed E-state index contributed by atoms with van der Waals surface area (Å²) in [5.41, 5.74) is 3.60. The molecular weight excluding hydrogens is 302 g/mol. The molecule has 0 unspecified atom stereocenters. The lowest BCUT2D eigenvalue weighted by Gasteiger charge is -2.07. The van der Waals surface area contributed by atoms with Crippen molar-refractivity contribution in [1.29, 1.82) is 0 Å². The Morgan fingerprint density at radius 1 is 1.12 bits per heavy atom. The number of esters is 1. The smallest absolute Gasteiger partial charge is 0.340 e. The molecule has 0 aliphatic heterocycles. The van der Waals surface area contributed by atoms with Gasteiger partial charge in [0.05, 0.1) is 12.2 Å². The lowest BCUT2D eigenvalue weighted by molar-refractivity contribution is 0.0527. The van der Waals surface area contributed by atoms with Crippen molar-refractivity contribution < 1.29 is 14.3 Å². The average Bonchev–Trinajstić information content (AvgIpc) is 2.85. The summed E-state index contributed by atoms with van der Waals surface area (Å²) in [6, 6.07) is 15.8. The van der Waals surface area contributed by atoms with Gasteiger partial charge in [-0.1, -0.05) is 30.3 Å². The molecule has 3 rings (SSSR count). The lowest BCUT2D eigenvalue weighted by Crippen LogP contribution is -2.06. The van der Waals surface area contributed by atoms with Crippen molar-refractivity contribution in [2.24, 2.45) is 7.05 Å². The summed E-state index contributed by atoms with van der Waals surface area (Å²) < 4.78 is 13.1. The molecule has 4 nitrogen and oxygen atoms in total. The van der Waals surface area contributed by atoms with Gasteiger partial charge in [-0.2, -0.15) is 0 Å². The highest BCUT2D eigenvalue weighted by Crippen LogP contribution is 2.29. The number of aryl methyl sites for hydroxylation is 1. The number of carbonyl (C=O) groups excluding carboxylic acids is 1. The largest absolute Gasteiger partial charge is 0.489 e. The third kappa shape index (κ3) is 3.00. The van der Waals surface area contributed by atoms with Crippen LogP contribution in [0.3, 0.4) is 0 Å². The van der Waals surface area contributed by atoms with E-state index in [1.165, 1.54) is 0 Å². The van der Waals surface area contributed by atoms with Crippen molar-refractivity contribution in [2.75, 3.05) is 6.61 Å². The van der Waals surface area contributed by atoms with Gasteiger partial charge in [0.1, 0.15) is 12.4 Å². The number of ether oxygens (including phenoxy) is 2. The van der Waals surface area contributed by atoms with Crippen LogP contribution in [0.5, 0.6) is 5.75 Å². The van der Waals surface area contributed by atoms with Gasteiger partial charge in [-0.15, -0.1) is 0 Å². The molecule has 0 atom stereocenters. The molecule has 2 aromatic carbocycles. The van der Waals surface area contributed by atoms with Crippen molar-refractivity contribution in [2.45, 2.75) is 20.5 Å². The minimum atomic E-state index is -0.291. The predicted molar refractivity (Wildman–Crippen MR) is 94.4 cm³/mol. The number of fused-ring (bicyclic) bond motifs is 1. The van der Waals surface area contributed by atoms with Crippen LogP contribution in [-0.2, 0) is 18.4 Å². The first-order chi connectivity index (χ1) is 11.6. The van der Waals surface area contributed by atoms with Gasteiger partial charge in [-0.25, -0.2) is 4.79 Å². The molecule has 124 valence electrons. The Balaban J connectivity index is 1.94. The molecule has 0 fully saturated rings. The first kappa shape index (κ1) is 16.1. The summed E-state index contributed by atoms with van der Waals surface area (Å²) in [5.74, 6) is 0.448. The van der Waals surface area contributed by atoms with E-state index in [0.29, 0.717) is 18.8 Å². The van der Waals surface area contributed by atoms with Crippen molar-refractivity contribution in [3.05, 3.63) is 65.4 Å². The minimum absolute atomic E-state index is 0.291. The molecule has 0 saturated carbocycles. The van der Waals surface area contributed by atoms with Gasteiger partial charge in [0, 0.05) is 23.6 Å². The van der Waals surface area contributed by atoms with Gasteiger partial charge in [0.2, 0.25) is 0 Å². The maximum atomic E-state index is 12.3. The van der Waals surface area contributed by atoms with E-state index in [-0.39, 0.29) is 5.97 Å². The number of rotatable bonds is 5. The number of nitrogens with zero attached hydrogens (tertiary/aromatic N) is 1. The van der Waals surface area contributed by atoms with Crippen LogP contribution >= 0.6 is 0 Å². The van der Waals surface area contributed by atoms with Crippen LogP contribution in [-0.4, -0.2) is 17.1 Å². The summed E-state index contributed by atoms with van der Waals surface area (Å²) in [7, 11) is 1.95. The normalized spacial score (nSPS) is 10.8. The molecule has 1 aromatic heterocycles. The van der Waals surface area contributed by atoms with E-state index in [9.17, 15) is 4.79 Å². The number of hydrogen-bond donors (Lipinski definition) is 0. The Kier molecular flexibility index (Phi) is 4.56. The summed E-state index contributed by atoms with van der Waals surface area (Å²) in [6.45, 7) is 4.59. The van der Waals surface area contributed by atoms with Gasteiger partial charge < -0.3 is 14.0 Å². The SMILES string of the molecule is CCOC(=O)c1c(C)n(C)c2ccc(OCc3ccccc3)cc12. The lowest BCUT2D eigenvalue weighted by atomic mass is 10.1. The second kappa shape index (κ2) is 6.79. The van der Waals surface area contributed by atoms with E-state index in [2.05, 4.69) is 0 Å². The Labute approximate surface area is 141 Å². The van der Waals surface area contributed by atoms with Gasteiger partial charge >= 0.3 is 5.97 Å². The fourth-order valence-electron chi connectivity index (χ4n) is 2.84. The van der Waals surface area contributed by atoms with E-state index >= 15 is 0 Å². The highest BCUT2D eigenvalue weighted by Gasteiger charge is 2.20. The van der Waals surface area contributed by atoms with Gasteiger partial charge in [-0.3, -0.25) is 0 Å². The van der Waals surface area contributed by atoms with E-state index in [0.717, 1.165) is 27.9 Å². The van der Waals surface area contributed by atoms with Crippen LogP contribution in [0.1, 0.15) is 28.5 Å². The van der Waals surface area contributed by atoms with Crippen LogP contribution in [0, 0.1) is 6.92 Å². The fourth-order valence-corrected chi connectivity index (χ4v) is 2.84. The second-order valence-corrected chi connectivity index (χ2v) is 5.69. The summed E-state index contributed by atoms with van der Waals surface area (Å²) >= 11 is 0. The highest BCUT2D eigenvalue weighted by atomic mass is 16.5. The molecule has 1 heterocycles. The summed E-state index contributed by atoms with van der Waals surface area (Å²) in [5, 5.41) is 0.860. The summed E-state index contributed by atoms with van der Waals surface area (Å²) in [6.07, 6.45) is 0. The van der Waals surface area contributed by atoms with Gasteiger partial charge in [0.25, 0.3) is 0 Å². The predicted octanol–water partition coefficient (Wildman–Crippen LogP) is 4.24. The Morgan fingerprint density at radius 2 is 1.88 bits per heavy atom. The van der Waals surface area contributed by atoms with Gasteiger partial charge in [-0.05, 0) is 37.6 Å². The van der Waals surface area contributed by atoms with Crippen molar-refractivity contribution in [3.8, 4) is 5.75 Å². The minimum Gasteiger partial charge on any atom is -0.489 e. The Morgan fingerprint density at radius 3 is 2.58 bits per heavy atom. The first-order valence-electron chi connectivity index (χ1n) is 8.04. The van der Waals surface area contributed by atoms with Gasteiger partial charge in [0.15, 0.2) is 0 Å². The zero-order chi connectivity index (χ0) is 17.1. The number of hydrogen-bond acceptors (Lipinski definition) is 3. The van der Waals surface area contributed by atoms with Crippen LogP contribution in [0.25, 0.3) is 10.9 Å². The molecule has 0 bridgehead atoms. The quantitative estimate of drug-likeness (QED) is 0.659. The van der Waals surface area contributed by atoms with Crippen molar-refractivity contribution in [1.82, 2.24) is 4.57 Å². The highest BCUT2D eigenvalue weighted by molar-refractivity contribution is 6.06. The van der Waals surface area contributed by atoms with E-state index in [1.54, 1.807) is 0 Å². The van der Waals surface area contributed by atoms with Crippen LogP contribution in [0.15, 0.2) is 48.5 Å². The number of benzene rings is 2. The molecule has 0 spiro atoms. The first-order valence-corrected chi connectivity index (χ1v) is 8.04. The maximum absolute atomic E-state index is 12.3.